The number of hydrogen-bond donors (Lipinski definition) is 1. The highest BCUT2D eigenvalue weighted by atomic mass is 32.1. The number of ether oxygens (including phenoxy) is 1. The van der Waals surface area contributed by atoms with Gasteiger partial charge in [-0.1, -0.05) is 30.3 Å². The van der Waals surface area contributed by atoms with E-state index in [1.165, 1.54) is 0 Å². The van der Waals surface area contributed by atoms with Crippen molar-refractivity contribution in [2.75, 3.05) is 20.6 Å². The second-order valence-corrected chi connectivity index (χ2v) is 5.63. The smallest absolute Gasteiger partial charge is 0.264 e. The van der Waals surface area contributed by atoms with Crippen LogP contribution in [0, 0.1) is 0 Å². The summed E-state index contributed by atoms with van der Waals surface area (Å²) in [5, 5.41) is 3.33. The number of carbonyl (C=O) groups is 1. The van der Waals surface area contributed by atoms with Crippen LogP contribution in [-0.2, 0) is 6.42 Å². The number of carbonyl (C=O) groups excluding carboxylic acids is 1. The van der Waals surface area contributed by atoms with E-state index in [4.69, 9.17) is 17.0 Å². The maximum atomic E-state index is 12.0. The Kier molecular flexibility index (Phi) is 6.11. The summed E-state index contributed by atoms with van der Waals surface area (Å²) in [5.74, 6) is 0.641. The van der Waals surface area contributed by atoms with Gasteiger partial charge in [-0.05, 0) is 48.5 Å². The molecule has 2 aromatic carbocycles. The predicted octanol–water partition coefficient (Wildman–Crippen LogP) is 2.88. The molecule has 2 aromatic rings. The Bertz CT molecular complexity index is 672. The van der Waals surface area contributed by atoms with E-state index in [2.05, 4.69) is 5.32 Å². The second kappa shape index (κ2) is 8.29. The largest absolute Gasteiger partial charge is 0.432 e. The van der Waals surface area contributed by atoms with Crippen LogP contribution in [0.15, 0.2) is 54.6 Å². The zero-order valence-electron chi connectivity index (χ0n) is 13.3. The molecule has 0 aliphatic carbocycles. The van der Waals surface area contributed by atoms with Crippen molar-refractivity contribution in [3.8, 4) is 5.75 Å². The Hall–Kier alpha value is -2.40. The lowest BCUT2D eigenvalue weighted by Crippen LogP contribution is -2.26. The lowest BCUT2D eigenvalue weighted by Gasteiger charge is -2.14. The fourth-order valence-corrected chi connectivity index (χ4v) is 2.06. The van der Waals surface area contributed by atoms with E-state index < -0.39 is 0 Å². The number of hydrogen-bond acceptors (Lipinski definition) is 3. The van der Waals surface area contributed by atoms with E-state index in [9.17, 15) is 4.79 Å². The number of nitrogens with zero attached hydrogens (tertiary/aromatic N) is 1. The fraction of sp³-hybridized carbons (Fsp3) is 0.222. The van der Waals surface area contributed by atoms with E-state index >= 15 is 0 Å². The van der Waals surface area contributed by atoms with Crippen molar-refractivity contribution in [1.29, 1.82) is 0 Å². The highest BCUT2D eigenvalue weighted by Gasteiger charge is 2.05. The van der Waals surface area contributed by atoms with E-state index in [0.29, 0.717) is 23.0 Å². The van der Waals surface area contributed by atoms with Crippen molar-refractivity contribution >= 4 is 23.3 Å². The molecule has 0 aromatic heterocycles. The zero-order valence-corrected chi connectivity index (χ0v) is 14.1. The molecule has 23 heavy (non-hydrogen) atoms. The van der Waals surface area contributed by atoms with Gasteiger partial charge in [0.2, 0.25) is 0 Å². The van der Waals surface area contributed by atoms with Gasteiger partial charge in [-0.2, -0.15) is 0 Å². The summed E-state index contributed by atoms with van der Waals surface area (Å²) in [6.07, 6.45) is 0.727. The average Bonchev–Trinajstić information content (AvgIpc) is 2.56. The highest BCUT2D eigenvalue weighted by Crippen LogP contribution is 2.14. The highest BCUT2D eigenvalue weighted by molar-refractivity contribution is 7.80. The Morgan fingerprint density at radius 2 is 1.87 bits per heavy atom. The van der Waals surface area contributed by atoms with E-state index in [1.807, 2.05) is 56.6 Å². The first-order chi connectivity index (χ1) is 11.1. The molecule has 0 bridgehead atoms. The zero-order chi connectivity index (χ0) is 16.7. The Balaban J connectivity index is 1.86. The molecule has 0 aliphatic heterocycles. The summed E-state index contributed by atoms with van der Waals surface area (Å²) < 4.78 is 5.58. The minimum absolute atomic E-state index is 0.0632. The number of thiocarbonyl (C=S) groups is 1. The molecule has 0 unspecified atom stereocenters. The van der Waals surface area contributed by atoms with Gasteiger partial charge in [0.25, 0.3) is 11.1 Å². The Morgan fingerprint density at radius 1 is 1.13 bits per heavy atom. The number of nitrogens with one attached hydrogen (secondary N) is 1. The molecule has 0 fully saturated rings. The quantitative estimate of drug-likeness (QED) is 0.857. The first-order valence-corrected chi connectivity index (χ1v) is 7.78. The molecule has 1 N–H and O–H groups in total. The van der Waals surface area contributed by atoms with Crippen LogP contribution >= 0.6 is 12.2 Å². The van der Waals surface area contributed by atoms with Gasteiger partial charge in [-0.3, -0.25) is 4.79 Å². The number of benzene rings is 2. The van der Waals surface area contributed by atoms with Crippen molar-refractivity contribution in [3.63, 3.8) is 0 Å². The van der Waals surface area contributed by atoms with Crippen molar-refractivity contribution in [3.05, 3.63) is 65.7 Å². The first-order valence-electron chi connectivity index (χ1n) is 7.37. The molecule has 0 radical (unpaired) electrons. The summed E-state index contributed by atoms with van der Waals surface area (Å²) in [4.78, 5) is 13.7. The average molecular weight is 328 g/mol. The summed E-state index contributed by atoms with van der Waals surface area (Å²) >= 11 is 5.13. The fourth-order valence-electron chi connectivity index (χ4n) is 1.97. The topological polar surface area (TPSA) is 41.6 Å². The van der Waals surface area contributed by atoms with E-state index in [-0.39, 0.29) is 5.91 Å². The number of amides is 1. The molecule has 4 nitrogen and oxygen atoms in total. The van der Waals surface area contributed by atoms with Crippen LogP contribution in [0.2, 0.25) is 0 Å². The van der Waals surface area contributed by atoms with Gasteiger partial charge in [0, 0.05) is 26.2 Å². The SMILES string of the molecule is CN(C)C(=S)Oc1cccc(CCNC(=O)c2ccccc2)c1. The molecule has 0 saturated carbocycles. The molecule has 120 valence electrons. The number of rotatable bonds is 5. The van der Waals surface area contributed by atoms with E-state index in [1.54, 1.807) is 17.0 Å². The van der Waals surface area contributed by atoms with Crippen molar-refractivity contribution in [2.45, 2.75) is 6.42 Å². The van der Waals surface area contributed by atoms with Gasteiger partial charge in [0.1, 0.15) is 5.75 Å². The van der Waals surface area contributed by atoms with Gasteiger partial charge >= 0.3 is 0 Å². The van der Waals surface area contributed by atoms with Crippen LogP contribution in [0.5, 0.6) is 5.75 Å². The molecule has 0 aliphatic rings. The minimum Gasteiger partial charge on any atom is -0.432 e. The molecule has 0 heterocycles. The van der Waals surface area contributed by atoms with Gasteiger partial charge < -0.3 is 15.0 Å². The third-order valence-electron chi connectivity index (χ3n) is 3.20. The van der Waals surface area contributed by atoms with Crippen LogP contribution in [0.1, 0.15) is 15.9 Å². The molecular formula is C18H20N2O2S. The summed E-state index contributed by atoms with van der Waals surface area (Å²) in [6.45, 7) is 0.565. The van der Waals surface area contributed by atoms with Crippen molar-refractivity contribution in [2.24, 2.45) is 0 Å². The molecule has 2 rings (SSSR count). The van der Waals surface area contributed by atoms with Crippen LogP contribution in [0.25, 0.3) is 0 Å². The van der Waals surface area contributed by atoms with Gasteiger partial charge in [0.05, 0.1) is 0 Å². The minimum atomic E-state index is -0.0632. The molecule has 0 atom stereocenters. The standard InChI is InChI=1S/C18H20N2O2S/c1-20(2)18(23)22-16-10-6-7-14(13-16)11-12-19-17(21)15-8-4-3-5-9-15/h3-10,13H,11-12H2,1-2H3,(H,19,21). The van der Waals surface area contributed by atoms with Crippen LogP contribution < -0.4 is 10.1 Å². The Morgan fingerprint density at radius 3 is 2.57 bits per heavy atom. The molecule has 5 heteroatoms. The lowest BCUT2D eigenvalue weighted by molar-refractivity contribution is 0.0954. The summed E-state index contributed by atoms with van der Waals surface area (Å²) in [7, 11) is 3.68. The predicted molar refractivity (Wildman–Crippen MR) is 95.8 cm³/mol. The first kappa shape index (κ1) is 17.0. The maximum Gasteiger partial charge on any atom is 0.264 e. The van der Waals surface area contributed by atoms with Gasteiger partial charge in [-0.25, -0.2) is 0 Å². The summed E-state index contributed by atoms with van der Waals surface area (Å²) in [5.41, 5.74) is 1.75. The van der Waals surface area contributed by atoms with Crippen LogP contribution in [-0.4, -0.2) is 36.6 Å². The van der Waals surface area contributed by atoms with Crippen LogP contribution in [0.4, 0.5) is 0 Å². The second-order valence-electron chi connectivity index (χ2n) is 5.28. The molecular weight excluding hydrogens is 308 g/mol. The molecule has 0 saturated heterocycles. The maximum absolute atomic E-state index is 12.0. The lowest BCUT2D eigenvalue weighted by atomic mass is 10.1. The van der Waals surface area contributed by atoms with E-state index in [0.717, 1.165) is 12.0 Å². The summed E-state index contributed by atoms with van der Waals surface area (Å²) in [6, 6.07) is 16.9. The third kappa shape index (κ3) is 5.38. The monoisotopic (exact) mass is 328 g/mol. The molecule has 1 amide bonds. The molecule has 0 spiro atoms. The van der Waals surface area contributed by atoms with Gasteiger partial charge in [0.15, 0.2) is 0 Å². The Labute approximate surface area is 142 Å². The van der Waals surface area contributed by atoms with Crippen LogP contribution in [0.3, 0.4) is 0 Å². The third-order valence-corrected chi connectivity index (χ3v) is 3.65. The van der Waals surface area contributed by atoms with Gasteiger partial charge in [-0.15, -0.1) is 0 Å². The normalized spacial score (nSPS) is 10.0. The van der Waals surface area contributed by atoms with Crippen molar-refractivity contribution < 1.29 is 9.53 Å². The van der Waals surface area contributed by atoms with Crippen molar-refractivity contribution in [1.82, 2.24) is 10.2 Å².